The molecule has 0 atom stereocenters. The summed E-state index contributed by atoms with van der Waals surface area (Å²) >= 11 is 1.77. The van der Waals surface area contributed by atoms with E-state index in [1.165, 1.54) is 15.0 Å². The third kappa shape index (κ3) is 5.44. The summed E-state index contributed by atoms with van der Waals surface area (Å²) in [5.74, 6) is 1.33. The van der Waals surface area contributed by atoms with Crippen LogP contribution in [-0.2, 0) is 4.74 Å². The number of piperidine rings is 1. The Balaban J connectivity index is 1.33. The molecule has 1 aliphatic heterocycles. The zero-order valence-corrected chi connectivity index (χ0v) is 23.7. The first-order valence-corrected chi connectivity index (χ1v) is 14.4. The quantitative estimate of drug-likeness (QED) is 0.251. The molecule has 5 aromatic rings. The van der Waals surface area contributed by atoms with E-state index in [2.05, 4.69) is 67.5 Å². The summed E-state index contributed by atoms with van der Waals surface area (Å²) in [5, 5.41) is 9.81. The molecule has 0 unspecified atom stereocenters. The number of hydrogen-bond acceptors (Lipinski definition) is 8. The first-order chi connectivity index (χ1) is 19.2. The number of thiophene rings is 1. The Labute approximate surface area is 237 Å². The van der Waals surface area contributed by atoms with Crippen LogP contribution in [0.3, 0.4) is 0 Å². The van der Waals surface area contributed by atoms with Gasteiger partial charge in [-0.3, -0.25) is 5.10 Å². The fourth-order valence-electron chi connectivity index (χ4n) is 5.23. The summed E-state index contributed by atoms with van der Waals surface area (Å²) in [6, 6.07) is 16.9. The van der Waals surface area contributed by atoms with Crippen LogP contribution < -0.4 is 10.6 Å². The number of anilines is 3. The van der Waals surface area contributed by atoms with Crippen LogP contribution >= 0.6 is 11.3 Å². The van der Waals surface area contributed by atoms with Crippen LogP contribution in [0.5, 0.6) is 0 Å². The van der Waals surface area contributed by atoms with Crippen molar-refractivity contribution in [1.29, 1.82) is 0 Å². The molecule has 0 aliphatic carbocycles. The van der Waals surface area contributed by atoms with E-state index < -0.39 is 5.60 Å². The highest BCUT2D eigenvalue weighted by Gasteiger charge is 2.29. The van der Waals surface area contributed by atoms with Gasteiger partial charge in [0, 0.05) is 52.0 Å². The highest BCUT2D eigenvalue weighted by molar-refractivity contribution is 7.22. The summed E-state index contributed by atoms with van der Waals surface area (Å²) in [5.41, 5.74) is 8.63. The number of carbonyl (C=O) groups excluding carboxylic acids is 1. The van der Waals surface area contributed by atoms with Gasteiger partial charge in [0.1, 0.15) is 11.4 Å². The smallest absolute Gasteiger partial charge is 0.410 e. The third-order valence-electron chi connectivity index (χ3n) is 7.18. The maximum absolute atomic E-state index is 12.6. The Bertz CT molecular complexity index is 1630. The first kappa shape index (κ1) is 26.1. The minimum atomic E-state index is -0.504. The van der Waals surface area contributed by atoms with Gasteiger partial charge in [-0.25, -0.2) is 9.78 Å². The van der Waals surface area contributed by atoms with Gasteiger partial charge < -0.3 is 20.3 Å². The van der Waals surface area contributed by atoms with Gasteiger partial charge in [-0.1, -0.05) is 18.2 Å². The van der Waals surface area contributed by atoms with E-state index in [4.69, 9.17) is 10.5 Å². The largest absolute Gasteiger partial charge is 0.444 e. The Morgan fingerprint density at radius 2 is 1.95 bits per heavy atom. The van der Waals surface area contributed by atoms with E-state index >= 15 is 0 Å². The fraction of sp³-hybridized carbons (Fsp3) is 0.333. The number of H-pyrrole nitrogens is 1. The number of amides is 1. The maximum Gasteiger partial charge on any atom is 0.410 e. The normalized spacial score (nSPS) is 14.6. The number of hydrogen-bond donors (Lipinski definition) is 2. The van der Waals surface area contributed by atoms with Crippen molar-refractivity contribution in [2.24, 2.45) is 5.92 Å². The number of aromatic amines is 1. The minimum Gasteiger partial charge on any atom is -0.444 e. The zero-order chi connectivity index (χ0) is 27.9. The van der Waals surface area contributed by atoms with Crippen molar-refractivity contribution in [3.63, 3.8) is 0 Å². The molecule has 3 aromatic heterocycles. The van der Waals surface area contributed by atoms with Gasteiger partial charge >= 0.3 is 6.09 Å². The second kappa shape index (κ2) is 10.4. The Hall–Kier alpha value is -4.18. The van der Waals surface area contributed by atoms with Crippen LogP contribution in [0.2, 0.25) is 0 Å². The molecule has 3 N–H and O–H groups in total. The molecule has 4 heterocycles. The summed E-state index contributed by atoms with van der Waals surface area (Å²) in [6.07, 6.45) is 5.05. The van der Waals surface area contributed by atoms with Gasteiger partial charge in [-0.2, -0.15) is 10.1 Å². The van der Waals surface area contributed by atoms with E-state index in [1.54, 1.807) is 17.5 Å². The van der Waals surface area contributed by atoms with Gasteiger partial charge in [0.2, 0.25) is 5.95 Å². The van der Waals surface area contributed by atoms with Crippen molar-refractivity contribution < 1.29 is 9.53 Å². The van der Waals surface area contributed by atoms with Crippen molar-refractivity contribution in [3.05, 3.63) is 60.9 Å². The van der Waals surface area contributed by atoms with Crippen molar-refractivity contribution in [2.45, 2.75) is 39.2 Å². The second-order valence-electron chi connectivity index (χ2n) is 11.3. The standard InChI is InChI=1S/C30H33N7O2S/c1-30(2,3)39-29(38)36-12-9-19(10-13-36)18-37(26-8-11-32-28(31)34-26)22-14-21-17-33-35-27(21)23(16-22)25-15-20-6-4-5-7-24(20)40-25/h4-8,11,14-17,19H,9-10,12-13,18H2,1-3H3,(H,33,35)(H2,31,32,34). The number of nitrogens with one attached hydrogen (secondary N) is 1. The van der Waals surface area contributed by atoms with E-state index in [0.29, 0.717) is 19.0 Å². The molecule has 1 fully saturated rings. The summed E-state index contributed by atoms with van der Waals surface area (Å²) in [4.78, 5) is 26.5. The molecule has 206 valence electrons. The van der Waals surface area contributed by atoms with Crippen LogP contribution in [0.4, 0.5) is 22.2 Å². The molecule has 10 heteroatoms. The SMILES string of the molecule is CC(C)(C)OC(=O)N1CCC(CN(c2cc(-c3cc4ccccc4s3)c3[nH]ncc3c2)c2ccnc(N)n2)CC1. The number of likely N-dealkylation sites (tertiary alicyclic amines) is 1. The molecule has 2 aromatic carbocycles. The van der Waals surface area contributed by atoms with Gasteiger partial charge in [-0.15, -0.1) is 11.3 Å². The molecule has 9 nitrogen and oxygen atoms in total. The first-order valence-electron chi connectivity index (χ1n) is 13.5. The minimum absolute atomic E-state index is 0.233. The topological polar surface area (TPSA) is 113 Å². The third-order valence-corrected chi connectivity index (χ3v) is 8.33. The molecule has 1 saturated heterocycles. The van der Waals surface area contributed by atoms with E-state index in [1.807, 2.05) is 37.9 Å². The monoisotopic (exact) mass is 555 g/mol. The molecule has 40 heavy (non-hydrogen) atoms. The Morgan fingerprint density at radius 3 is 2.70 bits per heavy atom. The number of rotatable bonds is 5. The average Bonchev–Trinajstić information content (AvgIpc) is 3.58. The number of aromatic nitrogens is 4. The molecule has 0 radical (unpaired) electrons. The van der Waals surface area contributed by atoms with Crippen molar-refractivity contribution in [1.82, 2.24) is 25.1 Å². The van der Waals surface area contributed by atoms with E-state index in [9.17, 15) is 4.79 Å². The van der Waals surface area contributed by atoms with E-state index in [-0.39, 0.29) is 12.0 Å². The van der Waals surface area contributed by atoms with Gasteiger partial charge in [0.05, 0.1) is 11.7 Å². The lowest BCUT2D eigenvalue weighted by Crippen LogP contribution is -2.43. The van der Waals surface area contributed by atoms with Crippen LogP contribution in [0, 0.1) is 5.92 Å². The molecular weight excluding hydrogens is 522 g/mol. The average molecular weight is 556 g/mol. The van der Waals surface area contributed by atoms with Crippen LogP contribution in [0.15, 0.2) is 60.9 Å². The number of ether oxygens (including phenoxy) is 1. The fourth-order valence-corrected chi connectivity index (χ4v) is 6.32. The van der Waals surface area contributed by atoms with Gasteiger partial charge in [0.25, 0.3) is 0 Å². The molecule has 0 bridgehead atoms. The number of nitrogens with zero attached hydrogens (tertiary/aromatic N) is 5. The second-order valence-corrected chi connectivity index (χ2v) is 12.4. The molecule has 0 saturated carbocycles. The lowest BCUT2D eigenvalue weighted by molar-refractivity contribution is 0.0187. The highest BCUT2D eigenvalue weighted by Crippen LogP contribution is 2.40. The number of nitrogens with two attached hydrogens (primary N) is 1. The lowest BCUT2D eigenvalue weighted by Gasteiger charge is -2.36. The highest BCUT2D eigenvalue weighted by atomic mass is 32.1. The molecule has 1 amide bonds. The Kier molecular flexibility index (Phi) is 6.79. The summed E-state index contributed by atoms with van der Waals surface area (Å²) in [7, 11) is 0. The van der Waals surface area contributed by atoms with Gasteiger partial charge in [0.15, 0.2) is 0 Å². The molecule has 6 rings (SSSR count). The lowest BCUT2D eigenvalue weighted by atomic mass is 9.96. The number of carbonyl (C=O) groups is 1. The van der Waals surface area contributed by atoms with E-state index in [0.717, 1.165) is 47.4 Å². The number of fused-ring (bicyclic) bond motifs is 2. The Morgan fingerprint density at radius 1 is 1.15 bits per heavy atom. The molecule has 1 aliphatic rings. The molecule has 0 spiro atoms. The van der Waals surface area contributed by atoms with Crippen molar-refractivity contribution in [2.75, 3.05) is 30.3 Å². The van der Waals surface area contributed by atoms with Crippen LogP contribution in [0.1, 0.15) is 33.6 Å². The molecular formula is C30H33N7O2S. The van der Waals surface area contributed by atoms with Gasteiger partial charge in [-0.05, 0) is 75.2 Å². The number of nitrogen functional groups attached to an aromatic ring is 1. The van der Waals surface area contributed by atoms with Crippen molar-refractivity contribution >= 4 is 55.9 Å². The van der Waals surface area contributed by atoms with Crippen LogP contribution in [-0.4, -0.2) is 56.4 Å². The van der Waals surface area contributed by atoms with Crippen LogP contribution in [0.25, 0.3) is 31.4 Å². The van der Waals surface area contributed by atoms with Crippen molar-refractivity contribution in [3.8, 4) is 10.4 Å². The number of benzene rings is 2. The summed E-state index contributed by atoms with van der Waals surface area (Å²) < 4.78 is 6.84. The predicted molar refractivity (Wildman–Crippen MR) is 161 cm³/mol. The predicted octanol–water partition coefficient (Wildman–Crippen LogP) is 6.60. The summed E-state index contributed by atoms with van der Waals surface area (Å²) in [6.45, 7) is 7.74. The zero-order valence-electron chi connectivity index (χ0n) is 22.9. The maximum atomic E-state index is 12.6.